The highest BCUT2D eigenvalue weighted by Gasteiger charge is 2.16. The first-order valence-corrected chi connectivity index (χ1v) is 6.47. The Morgan fingerprint density at radius 2 is 1.43 bits per heavy atom. The van der Waals surface area contributed by atoms with Crippen molar-refractivity contribution in [2.45, 2.75) is 67.2 Å². The van der Waals surface area contributed by atoms with Crippen LogP contribution in [0.1, 0.15) is 67.2 Å². The molecule has 0 fully saturated rings. The standard InChI is InChI=1S/C14H30/c1-7-8-14(9-11(2)3)10-13(6)12(4)5/h11-14H,7-10H2,1-6H3. The van der Waals surface area contributed by atoms with Gasteiger partial charge in [0.05, 0.1) is 0 Å². The lowest BCUT2D eigenvalue weighted by molar-refractivity contribution is 0.272. The van der Waals surface area contributed by atoms with E-state index in [1.165, 1.54) is 25.7 Å². The van der Waals surface area contributed by atoms with E-state index in [1.807, 2.05) is 0 Å². The Kier molecular flexibility index (Phi) is 7.31. The summed E-state index contributed by atoms with van der Waals surface area (Å²) in [5.41, 5.74) is 0. The van der Waals surface area contributed by atoms with Crippen LogP contribution in [-0.4, -0.2) is 0 Å². The summed E-state index contributed by atoms with van der Waals surface area (Å²) >= 11 is 0. The first kappa shape index (κ1) is 14.0. The van der Waals surface area contributed by atoms with Gasteiger partial charge in [-0.05, 0) is 36.5 Å². The van der Waals surface area contributed by atoms with Crippen LogP contribution in [0.3, 0.4) is 0 Å². The third-order valence-electron chi connectivity index (χ3n) is 3.34. The highest BCUT2D eigenvalue weighted by molar-refractivity contribution is 4.67. The second kappa shape index (κ2) is 7.31. The molecule has 0 heteroatoms. The van der Waals surface area contributed by atoms with Crippen molar-refractivity contribution in [3.8, 4) is 0 Å². The van der Waals surface area contributed by atoms with Crippen molar-refractivity contribution < 1.29 is 0 Å². The predicted molar refractivity (Wildman–Crippen MR) is 66.5 cm³/mol. The minimum Gasteiger partial charge on any atom is -0.0654 e. The van der Waals surface area contributed by atoms with Crippen molar-refractivity contribution in [1.29, 1.82) is 0 Å². The molecule has 0 nitrogen and oxygen atoms in total. The molecule has 0 radical (unpaired) electrons. The third kappa shape index (κ3) is 6.45. The molecule has 0 bridgehead atoms. The molecule has 0 saturated carbocycles. The zero-order chi connectivity index (χ0) is 11.1. The van der Waals surface area contributed by atoms with Crippen molar-refractivity contribution in [1.82, 2.24) is 0 Å². The minimum absolute atomic E-state index is 0.849. The van der Waals surface area contributed by atoms with Gasteiger partial charge in [0.25, 0.3) is 0 Å². The molecule has 2 unspecified atom stereocenters. The third-order valence-corrected chi connectivity index (χ3v) is 3.34. The van der Waals surface area contributed by atoms with Crippen molar-refractivity contribution in [3.63, 3.8) is 0 Å². The topological polar surface area (TPSA) is 0 Å². The fourth-order valence-corrected chi connectivity index (χ4v) is 2.20. The molecule has 0 saturated heterocycles. The molecule has 0 amide bonds. The fourth-order valence-electron chi connectivity index (χ4n) is 2.20. The van der Waals surface area contributed by atoms with E-state index in [4.69, 9.17) is 0 Å². The average Bonchev–Trinajstić information content (AvgIpc) is 2.02. The zero-order valence-electron chi connectivity index (χ0n) is 11.1. The lowest BCUT2D eigenvalue weighted by Gasteiger charge is -2.24. The molecule has 0 N–H and O–H groups in total. The summed E-state index contributed by atoms with van der Waals surface area (Å²) in [6.45, 7) is 14.1. The van der Waals surface area contributed by atoms with Crippen molar-refractivity contribution in [2.75, 3.05) is 0 Å². The summed E-state index contributed by atoms with van der Waals surface area (Å²) in [5, 5.41) is 0. The molecule has 0 aromatic rings. The monoisotopic (exact) mass is 198 g/mol. The average molecular weight is 198 g/mol. The molecule has 86 valence electrons. The maximum absolute atomic E-state index is 2.41. The molecule has 0 aliphatic carbocycles. The lowest BCUT2D eigenvalue weighted by Crippen LogP contribution is -2.13. The Bertz CT molecular complexity index is 124. The largest absolute Gasteiger partial charge is 0.0654 e. The van der Waals surface area contributed by atoms with Gasteiger partial charge in [-0.2, -0.15) is 0 Å². The zero-order valence-corrected chi connectivity index (χ0v) is 11.1. The van der Waals surface area contributed by atoms with Crippen LogP contribution in [0.15, 0.2) is 0 Å². The van der Waals surface area contributed by atoms with Gasteiger partial charge in [0, 0.05) is 0 Å². The van der Waals surface area contributed by atoms with Gasteiger partial charge in [0.1, 0.15) is 0 Å². The van der Waals surface area contributed by atoms with Crippen LogP contribution in [0, 0.1) is 23.7 Å². The van der Waals surface area contributed by atoms with Gasteiger partial charge in [-0.3, -0.25) is 0 Å². The summed E-state index contributed by atoms with van der Waals surface area (Å²) < 4.78 is 0. The van der Waals surface area contributed by atoms with Crippen LogP contribution in [0.5, 0.6) is 0 Å². The molecule has 0 aromatic carbocycles. The molecule has 0 aromatic heterocycles. The maximum atomic E-state index is 2.41. The van der Waals surface area contributed by atoms with Gasteiger partial charge in [0.15, 0.2) is 0 Å². The molecular weight excluding hydrogens is 168 g/mol. The van der Waals surface area contributed by atoms with Crippen molar-refractivity contribution in [2.24, 2.45) is 23.7 Å². The highest BCUT2D eigenvalue weighted by atomic mass is 14.2. The first-order chi connectivity index (χ1) is 6.47. The molecule has 0 aliphatic heterocycles. The van der Waals surface area contributed by atoms with E-state index in [0.717, 1.165) is 23.7 Å². The van der Waals surface area contributed by atoms with Gasteiger partial charge in [-0.25, -0.2) is 0 Å². The van der Waals surface area contributed by atoms with E-state index in [-0.39, 0.29) is 0 Å². The predicted octanol–water partition coefficient (Wildman–Crippen LogP) is 5.13. The van der Waals surface area contributed by atoms with E-state index < -0.39 is 0 Å². The van der Waals surface area contributed by atoms with E-state index in [9.17, 15) is 0 Å². The van der Waals surface area contributed by atoms with Gasteiger partial charge < -0.3 is 0 Å². The number of hydrogen-bond donors (Lipinski definition) is 0. The Labute approximate surface area is 91.5 Å². The van der Waals surface area contributed by atoms with Crippen LogP contribution in [0.2, 0.25) is 0 Å². The smallest absolute Gasteiger partial charge is 0.0409 e. The molecular formula is C14H30. The van der Waals surface area contributed by atoms with Crippen LogP contribution >= 0.6 is 0 Å². The van der Waals surface area contributed by atoms with Crippen LogP contribution in [0.4, 0.5) is 0 Å². The Hall–Kier alpha value is 0. The summed E-state index contributed by atoms with van der Waals surface area (Å²) in [4.78, 5) is 0. The minimum atomic E-state index is 0.849. The molecule has 0 aliphatic rings. The van der Waals surface area contributed by atoms with Crippen molar-refractivity contribution >= 4 is 0 Å². The second-order valence-electron chi connectivity index (χ2n) is 5.74. The SMILES string of the molecule is CCCC(CC(C)C)CC(C)C(C)C. The molecule has 0 spiro atoms. The van der Waals surface area contributed by atoms with Crippen LogP contribution < -0.4 is 0 Å². The van der Waals surface area contributed by atoms with E-state index in [2.05, 4.69) is 41.5 Å². The molecule has 14 heavy (non-hydrogen) atoms. The van der Waals surface area contributed by atoms with Crippen LogP contribution in [0.25, 0.3) is 0 Å². The maximum Gasteiger partial charge on any atom is -0.0409 e. The fraction of sp³-hybridized carbons (Fsp3) is 1.00. The molecule has 0 rings (SSSR count). The number of hydrogen-bond acceptors (Lipinski definition) is 0. The van der Waals surface area contributed by atoms with Gasteiger partial charge in [0.2, 0.25) is 0 Å². The highest BCUT2D eigenvalue weighted by Crippen LogP contribution is 2.27. The lowest BCUT2D eigenvalue weighted by atomic mass is 9.82. The van der Waals surface area contributed by atoms with Gasteiger partial charge in [-0.1, -0.05) is 54.4 Å². The second-order valence-corrected chi connectivity index (χ2v) is 5.74. The van der Waals surface area contributed by atoms with Gasteiger partial charge >= 0.3 is 0 Å². The summed E-state index contributed by atoms with van der Waals surface area (Å²) in [5.74, 6) is 3.58. The van der Waals surface area contributed by atoms with Gasteiger partial charge in [-0.15, -0.1) is 0 Å². The normalized spacial score (nSPS) is 16.3. The van der Waals surface area contributed by atoms with Crippen LogP contribution in [-0.2, 0) is 0 Å². The number of rotatable bonds is 7. The summed E-state index contributed by atoms with van der Waals surface area (Å²) in [7, 11) is 0. The van der Waals surface area contributed by atoms with E-state index in [1.54, 1.807) is 0 Å². The molecule has 2 atom stereocenters. The summed E-state index contributed by atoms with van der Waals surface area (Å²) in [6.07, 6.45) is 5.63. The van der Waals surface area contributed by atoms with E-state index in [0.29, 0.717) is 0 Å². The van der Waals surface area contributed by atoms with E-state index >= 15 is 0 Å². The summed E-state index contributed by atoms with van der Waals surface area (Å²) in [6, 6.07) is 0. The first-order valence-electron chi connectivity index (χ1n) is 6.47. The Balaban J connectivity index is 3.94. The molecule has 0 heterocycles. The Morgan fingerprint density at radius 3 is 1.79 bits per heavy atom. The van der Waals surface area contributed by atoms with Crippen molar-refractivity contribution in [3.05, 3.63) is 0 Å². The quantitative estimate of drug-likeness (QED) is 0.532. The Morgan fingerprint density at radius 1 is 0.857 bits per heavy atom.